The van der Waals surface area contributed by atoms with E-state index in [1.54, 1.807) is 0 Å². The number of hydrogen-bond acceptors (Lipinski definition) is 4. The van der Waals surface area contributed by atoms with Gasteiger partial charge in [0, 0.05) is 47.8 Å². The van der Waals surface area contributed by atoms with Crippen LogP contribution in [0.5, 0.6) is 0 Å². The number of fused-ring (bicyclic) bond motifs is 1. The standard InChI is InChI=1S/C18H28N2OS/c1-4-13-5-6-14(22-13)9-20-11-16-15(10-19(2)3)17-7-8-18(16,12-20)21-17/h5-6,15-17H,4,7-12H2,1-3H3/t15-,16+,17+,18+/m0/s1. The SMILES string of the molecule is CCc1ccc(CN2C[C@@H]3[C@H](CN(C)C)[C@H]4CC[C@]3(C2)O4)s1. The molecule has 0 N–H and O–H groups in total. The first-order valence-corrected chi connectivity index (χ1v) is 9.54. The van der Waals surface area contributed by atoms with Crippen molar-refractivity contribution in [2.75, 3.05) is 33.7 Å². The second kappa shape index (κ2) is 5.59. The molecule has 0 saturated carbocycles. The third-order valence-electron chi connectivity index (χ3n) is 5.88. The van der Waals surface area contributed by atoms with Crippen molar-refractivity contribution in [1.29, 1.82) is 0 Å². The minimum absolute atomic E-state index is 0.191. The number of nitrogens with zero attached hydrogens (tertiary/aromatic N) is 2. The number of rotatable bonds is 5. The van der Waals surface area contributed by atoms with Gasteiger partial charge in [0.05, 0.1) is 11.7 Å². The highest BCUT2D eigenvalue weighted by atomic mass is 32.1. The molecule has 3 nitrogen and oxygen atoms in total. The molecule has 3 aliphatic rings. The summed E-state index contributed by atoms with van der Waals surface area (Å²) in [6.07, 6.45) is 4.25. The molecule has 4 atom stereocenters. The average Bonchev–Trinajstić information content (AvgIpc) is 3.20. The van der Waals surface area contributed by atoms with E-state index < -0.39 is 0 Å². The number of ether oxygens (including phenoxy) is 1. The van der Waals surface area contributed by atoms with Crippen molar-refractivity contribution in [3.05, 3.63) is 21.9 Å². The molecule has 1 spiro atoms. The van der Waals surface area contributed by atoms with E-state index >= 15 is 0 Å². The second-order valence-electron chi connectivity index (χ2n) is 7.68. The van der Waals surface area contributed by atoms with Gasteiger partial charge in [-0.2, -0.15) is 0 Å². The maximum Gasteiger partial charge on any atom is 0.0858 e. The van der Waals surface area contributed by atoms with Gasteiger partial charge in [0.1, 0.15) is 0 Å². The van der Waals surface area contributed by atoms with Crippen LogP contribution in [0.3, 0.4) is 0 Å². The predicted molar refractivity (Wildman–Crippen MR) is 91.3 cm³/mol. The fourth-order valence-electron chi connectivity index (χ4n) is 4.99. The molecule has 4 heteroatoms. The summed E-state index contributed by atoms with van der Waals surface area (Å²) in [7, 11) is 4.40. The lowest BCUT2D eigenvalue weighted by Crippen LogP contribution is -2.40. The molecule has 2 bridgehead atoms. The zero-order valence-corrected chi connectivity index (χ0v) is 14.9. The number of likely N-dealkylation sites (tertiary alicyclic amines) is 1. The molecule has 22 heavy (non-hydrogen) atoms. The maximum atomic E-state index is 6.53. The number of aryl methyl sites for hydroxylation is 1. The van der Waals surface area contributed by atoms with Crippen LogP contribution < -0.4 is 0 Å². The molecule has 4 rings (SSSR count). The molecule has 122 valence electrons. The van der Waals surface area contributed by atoms with Gasteiger partial charge in [-0.3, -0.25) is 4.90 Å². The normalized spacial score (nSPS) is 37.4. The Morgan fingerprint density at radius 1 is 1.36 bits per heavy atom. The van der Waals surface area contributed by atoms with Gasteiger partial charge in [0.15, 0.2) is 0 Å². The van der Waals surface area contributed by atoms with Gasteiger partial charge in [-0.1, -0.05) is 6.92 Å². The quantitative estimate of drug-likeness (QED) is 0.830. The van der Waals surface area contributed by atoms with Crippen LogP contribution in [0.2, 0.25) is 0 Å². The van der Waals surface area contributed by atoms with Crippen molar-refractivity contribution in [1.82, 2.24) is 9.80 Å². The number of thiophene rings is 1. The fraction of sp³-hybridized carbons (Fsp3) is 0.778. The fourth-order valence-corrected chi connectivity index (χ4v) is 5.99. The van der Waals surface area contributed by atoms with E-state index in [1.165, 1.54) is 35.7 Å². The zero-order valence-electron chi connectivity index (χ0n) is 14.0. The van der Waals surface area contributed by atoms with Crippen molar-refractivity contribution >= 4 is 11.3 Å². The molecule has 0 aromatic carbocycles. The molecule has 3 aliphatic heterocycles. The highest BCUT2D eigenvalue weighted by Crippen LogP contribution is 2.55. The van der Waals surface area contributed by atoms with Gasteiger partial charge in [0.2, 0.25) is 0 Å². The molecule has 0 amide bonds. The van der Waals surface area contributed by atoms with Crippen LogP contribution in [-0.4, -0.2) is 55.2 Å². The summed E-state index contributed by atoms with van der Waals surface area (Å²) in [5.41, 5.74) is 0.191. The van der Waals surface area contributed by atoms with Gasteiger partial charge >= 0.3 is 0 Å². The van der Waals surface area contributed by atoms with Gasteiger partial charge in [-0.05, 0) is 45.5 Å². The van der Waals surface area contributed by atoms with Crippen molar-refractivity contribution < 1.29 is 4.74 Å². The highest BCUT2D eigenvalue weighted by molar-refractivity contribution is 7.11. The molecule has 3 saturated heterocycles. The molecule has 0 unspecified atom stereocenters. The van der Waals surface area contributed by atoms with Gasteiger partial charge in [-0.25, -0.2) is 0 Å². The van der Waals surface area contributed by atoms with E-state index in [4.69, 9.17) is 4.74 Å². The predicted octanol–water partition coefficient (Wildman–Crippen LogP) is 2.85. The molecular formula is C18H28N2OS. The van der Waals surface area contributed by atoms with Crippen molar-refractivity contribution in [3.8, 4) is 0 Å². The molecule has 4 heterocycles. The van der Waals surface area contributed by atoms with E-state index in [-0.39, 0.29) is 5.60 Å². The Labute approximate surface area is 138 Å². The van der Waals surface area contributed by atoms with Crippen LogP contribution in [-0.2, 0) is 17.7 Å². The molecule has 3 fully saturated rings. The molecule has 0 aliphatic carbocycles. The molecule has 1 aromatic heterocycles. The summed E-state index contributed by atoms with van der Waals surface area (Å²) in [4.78, 5) is 8.03. The Morgan fingerprint density at radius 2 is 2.18 bits per heavy atom. The first-order chi connectivity index (χ1) is 10.6. The van der Waals surface area contributed by atoms with Crippen molar-refractivity contribution in [2.24, 2.45) is 11.8 Å². The van der Waals surface area contributed by atoms with Crippen LogP contribution in [0, 0.1) is 11.8 Å². The van der Waals surface area contributed by atoms with Gasteiger partial charge < -0.3 is 9.64 Å². The van der Waals surface area contributed by atoms with Gasteiger partial charge in [0.25, 0.3) is 0 Å². The molecule has 0 radical (unpaired) electrons. The third kappa shape index (κ3) is 2.44. The van der Waals surface area contributed by atoms with Gasteiger partial charge in [-0.15, -0.1) is 11.3 Å². The second-order valence-corrected chi connectivity index (χ2v) is 8.94. The lowest BCUT2D eigenvalue weighted by Gasteiger charge is -2.31. The lowest BCUT2D eigenvalue weighted by atomic mass is 9.73. The number of hydrogen-bond donors (Lipinski definition) is 0. The van der Waals surface area contributed by atoms with E-state index in [1.807, 2.05) is 11.3 Å². The first kappa shape index (κ1) is 15.1. The summed E-state index contributed by atoms with van der Waals surface area (Å²) in [6.45, 7) is 6.93. The monoisotopic (exact) mass is 320 g/mol. The average molecular weight is 321 g/mol. The van der Waals surface area contributed by atoms with Crippen LogP contribution in [0.15, 0.2) is 12.1 Å². The minimum Gasteiger partial charge on any atom is -0.370 e. The largest absolute Gasteiger partial charge is 0.370 e. The van der Waals surface area contributed by atoms with Crippen molar-refractivity contribution in [3.63, 3.8) is 0 Å². The third-order valence-corrected chi connectivity index (χ3v) is 7.09. The van der Waals surface area contributed by atoms with Crippen LogP contribution in [0.25, 0.3) is 0 Å². The van der Waals surface area contributed by atoms with E-state index in [9.17, 15) is 0 Å². The Hall–Kier alpha value is -0.420. The van der Waals surface area contributed by atoms with E-state index in [2.05, 4.69) is 43.0 Å². The van der Waals surface area contributed by atoms with Crippen LogP contribution in [0.1, 0.15) is 29.5 Å². The Kier molecular flexibility index (Phi) is 3.84. The van der Waals surface area contributed by atoms with Crippen molar-refractivity contribution in [2.45, 2.75) is 44.4 Å². The smallest absolute Gasteiger partial charge is 0.0858 e. The summed E-state index contributed by atoms with van der Waals surface area (Å²) in [5.74, 6) is 1.49. The highest BCUT2D eigenvalue weighted by Gasteiger charge is 2.62. The summed E-state index contributed by atoms with van der Waals surface area (Å²) < 4.78 is 6.53. The van der Waals surface area contributed by atoms with Crippen LogP contribution >= 0.6 is 11.3 Å². The van der Waals surface area contributed by atoms with E-state index in [0.717, 1.165) is 31.3 Å². The summed E-state index contributed by atoms with van der Waals surface area (Å²) in [6, 6.07) is 4.62. The summed E-state index contributed by atoms with van der Waals surface area (Å²) >= 11 is 1.99. The topological polar surface area (TPSA) is 15.7 Å². The van der Waals surface area contributed by atoms with E-state index in [0.29, 0.717) is 6.10 Å². The summed E-state index contributed by atoms with van der Waals surface area (Å²) in [5, 5.41) is 0. The Morgan fingerprint density at radius 3 is 2.91 bits per heavy atom. The zero-order chi connectivity index (χ0) is 15.3. The lowest BCUT2D eigenvalue weighted by molar-refractivity contribution is 0.00152. The Balaban J connectivity index is 1.46. The maximum absolute atomic E-state index is 6.53. The van der Waals surface area contributed by atoms with Crippen LogP contribution in [0.4, 0.5) is 0 Å². The Bertz CT molecular complexity index is 543. The molecular weight excluding hydrogens is 292 g/mol. The first-order valence-electron chi connectivity index (χ1n) is 8.72. The molecule has 1 aromatic rings. The minimum atomic E-state index is 0.191.